The van der Waals surface area contributed by atoms with Crippen LogP contribution >= 0.6 is 11.3 Å². The highest BCUT2D eigenvalue weighted by molar-refractivity contribution is 7.09. The molecule has 1 aromatic rings. The molecule has 1 unspecified atom stereocenters. The number of amides is 1. The normalized spacial score (nSPS) is 16.7. The number of carbonyl (C=O) groups excluding carboxylic acids is 1. The average molecular weight is 337 g/mol. The Morgan fingerprint density at radius 3 is 2.87 bits per heavy atom. The van der Waals surface area contributed by atoms with E-state index in [1.165, 1.54) is 4.88 Å². The lowest BCUT2D eigenvalue weighted by atomic mass is 10.1. The largest absolute Gasteiger partial charge is 0.356 e. The van der Waals surface area contributed by atoms with Gasteiger partial charge in [0.25, 0.3) is 0 Å². The fourth-order valence-corrected chi connectivity index (χ4v) is 3.68. The first-order chi connectivity index (χ1) is 11.2. The molecule has 0 radical (unpaired) electrons. The van der Waals surface area contributed by atoms with Gasteiger partial charge in [-0.1, -0.05) is 13.0 Å². The van der Waals surface area contributed by atoms with Gasteiger partial charge < -0.3 is 15.5 Å². The Labute approximate surface area is 143 Å². The highest BCUT2D eigenvalue weighted by atomic mass is 32.1. The van der Waals surface area contributed by atoms with Crippen LogP contribution in [0.25, 0.3) is 0 Å². The molecule has 1 atom stereocenters. The Kier molecular flexibility index (Phi) is 7.39. The molecule has 2 N–H and O–H groups in total. The molecule has 0 aliphatic carbocycles. The number of rotatable bonds is 8. The molecule has 1 aliphatic heterocycles. The van der Waals surface area contributed by atoms with Gasteiger partial charge in [-0.05, 0) is 37.1 Å². The highest BCUT2D eigenvalue weighted by Crippen LogP contribution is 2.17. The summed E-state index contributed by atoms with van der Waals surface area (Å²) in [5.41, 5.74) is 0. The first kappa shape index (κ1) is 17.8. The van der Waals surface area contributed by atoms with E-state index in [4.69, 9.17) is 0 Å². The van der Waals surface area contributed by atoms with Crippen LogP contribution in [0.15, 0.2) is 22.5 Å². The molecule has 2 rings (SSSR count). The summed E-state index contributed by atoms with van der Waals surface area (Å²) in [4.78, 5) is 19.5. The molecule has 1 saturated heterocycles. The number of thiophene rings is 1. The van der Waals surface area contributed by atoms with Crippen LogP contribution < -0.4 is 10.6 Å². The van der Waals surface area contributed by atoms with E-state index in [0.717, 1.165) is 57.7 Å². The SMILES string of the molecule is CCC(CCNC(=NC)NCCc1cccs1)N1CCCC1=O. The summed E-state index contributed by atoms with van der Waals surface area (Å²) in [6.07, 6.45) is 4.72. The molecule has 1 amide bonds. The monoisotopic (exact) mass is 336 g/mol. The first-order valence-corrected chi connectivity index (χ1v) is 9.39. The molecular formula is C17H28N4OS. The molecule has 6 heteroatoms. The van der Waals surface area contributed by atoms with Gasteiger partial charge in [-0.25, -0.2) is 0 Å². The van der Waals surface area contributed by atoms with Crippen LogP contribution in [0.3, 0.4) is 0 Å². The van der Waals surface area contributed by atoms with Crippen LogP contribution in [0.1, 0.15) is 37.5 Å². The molecule has 0 spiro atoms. The number of guanidine groups is 1. The Hall–Kier alpha value is -1.56. The van der Waals surface area contributed by atoms with Crippen LogP contribution in [0.5, 0.6) is 0 Å². The molecule has 0 bridgehead atoms. The number of nitrogens with one attached hydrogen (secondary N) is 2. The number of aliphatic imine (C=N–C) groups is 1. The maximum atomic E-state index is 11.9. The summed E-state index contributed by atoms with van der Waals surface area (Å²) in [5, 5.41) is 8.80. The molecule has 1 aliphatic rings. The van der Waals surface area contributed by atoms with Crippen molar-refractivity contribution in [2.24, 2.45) is 4.99 Å². The van der Waals surface area contributed by atoms with Crippen molar-refractivity contribution in [1.82, 2.24) is 15.5 Å². The third-order valence-electron chi connectivity index (χ3n) is 4.26. The number of carbonyl (C=O) groups is 1. The summed E-state index contributed by atoms with van der Waals surface area (Å²) in [5.74, 6) is 1.15. The lowest BCUT2D eigenvalue weighted by Crippen LogP contribution is -2.42. The van der Waals surface area contributed by atoms with Gasteiger partial charge in [-0.2, -0.15) is 0 Å². The topological polar surface area (TPSA) is 56.7 Å². The van der Waals surface area contributed by atoms with Gasteiger partial charge in [0, 0.05) is 44.0 Å². The van der Waals surface area contributed by atoms with Crippen molar-refractivity contribution in [2.75, 3.05) is 26.7 Å². The van der Waals surface area contributed by atoms with Crippen molar-refractivity contribution in [2.45, 2.75) is 45.1 Å². The first-order valence-electron chi connectivity index (χ1n) is 8.51. The van der Waals surface area contributed by atoms with Crippen molar-refractivity contribution >= 4 is 23.2 Å². The van der Waals surface area contributed by atoms with Gasteiger partial charge in [0.2, 0.25) is 5.91 Å². The van der Waals surface area contributed by atoms with Crippen LogP contribution in [-0.4, -0.2) is 49.5 Å². The summed E-state index contributed by atoms with van der Waals surface area (Å²) in [7, 11) is 1.79. The van der Waals surface area contributed by atoms with Crippen molar-refractivity contribution < 1.29 is 4.79 Å². The van der Waals surface area contributed by atoms with E-state index in [9.17, 15) is 4.79 Å². The van der Waals surface area contributed by atoms with Gasteiger partial charge in [0.15, 0.2) is 5.96 Å². The summed E-state index contributed by atoms with van der Waals surface area (Å²) in [6, 6.07) is 4.58. The number of likely N-dealkylation sites (tertiary alicyclic amines) is 1. The van der Waals surface area contributed by atoms with Crippen LogP contribution in [0, 0.1) is 0 Å². The maximum Gasteiger partial charge on any atom is 0.222 e. The third-order valence-corrected chi connectivity index (χ3v) is 5.20. The highest BCUT2D eigenvalue weighted by Gasteiger charge is 2.26. The molecule has 128 valence electrons. The zero-order valence-corrected chi connectivity index (χ0v) is 15.0. The second kappa shape index (κ2) is 9.55. The van der Waals surface area contributed by atoms with Gasteiger partial charge in [-0.3, -0.25) is 9.79 Å². The van der Waals surface area contributed by atoms with E-state index in [2.05, 4.69) is 45.0 Å². The van der Waals surface area contributed by atoms with Gasteiger partial charge in [0.05, 0.1) is 0 Å². The summed E-state index contributed by atoms with van der Waals surface area (Å²) < 4.78 is 0. The van der Waals surface area contributed by atoms with Gasteiger partial charge in [-0.15, -0.1) is 11.3 Å². The molecule has 2 heterocycles. The standard InChI is InChI=1S/C17H28N4OS/c1-3-14(21-12-4-7-16(21)22)8-10-19-17(18-2)20-11-9-15-6-5-13-23-15/h5-6,13-14H,3-4,7-12H2,1-2H3,(H2,18,19,20). The van der Waals surface area contributed by atoms with E-state index in [1.54, 1.807) is 18.4 Å². The quantitative estimate of drug-likeness (QED) is 0.565. The second-order valence-electron chi connectivity index (χ2n) is 5.80. The minimum atomic E-state index is 0.315. The molecule has 0 saturated carbocycles. The zero-order chi connectivity index (χ0) is 16.5. The Morgan fingerprint density at radius 2 is 2.26 bits per heavy atom. The number of nitrogens with zero attached hydrogens (tertiary/aromatic N) is 2. The Balaban J connectivity index is 1.67. The maximum absolute atomic E-state index is 11.9. The molecule has 0 aromatic carbocycles. The van der Waals surface area contributed by atoms with Crippen LogP contribution in [-0.2, 0) is 11.2 Å². The van der Waals surface area contributed by atoms with Crippen molar-refractivity contribution in [1.29, 1.82) is 0 Å². The minimum Gasteiger partial charge on any atom is -0.356 e. The lowest BCUT2D eigenvalue weighted by Gasteiger charge is -2.27. The predicted octanol–water partition coefficient (Wildman–Crippen LogP) is 2.25. The Bertz CT molecular complexity index is 501. The molecule has 5 nitrogen and oxygen atoms in total. The Morgan fingerprint density at radius 1 is 1.43 bits per heavy atom. The van der Waals surface area contributed by atoms with Crippen molar-refractivity contribution in [3.8, 4) is 0 Å². The van der Waals surface area contributed by atoms with E-state index < -0.39 is 0 Å². The average Bonchev–Trinajstić information content (AvgIpc) is 3.22. The molecular weight excluding hydrogens is 308 g/mol. The van der Waals surface area contributed by atoms with E-state index in [1.807, 2.05) is 0 Å². The van der Waals surface area contributed by atoms with Crippen molar-refractivity contribution in [3.05, 3.63) is 22.4 Å². The number of hydrogen-bond acceptors (Lipinski definition) is 3. The van der Waals surface area contributed by atoms with E-state index in [0.29, 0.717) is 11.9 Å². The zero-order valence-electron chi connectivity index (χ0n) is 14.2. The second-order valence-corrected chi connectivity index (χ2v) is 6.83. The molecule has 1 aromatic heterocycles. The fourth-order valence-electron chi connectivity index (χ4n) is 2.97. The smallest absolute Gasteiger partial charge is 0.222 e. The van der Waals surface area contributed by atoms with Crippen LogP contribution in [0.2, 0.25) is 0 Å². The van der Waals surface area contributed by atoms with Gasteiger partial charge >= 0.3 is 0 Å². The summed E-state index contributed by atoms with van der Waals surface area (Å²) in [6.45, 7) is 4.79. The van der Waals surface area contributed by atoms with Crippen molar-refractivity contribution in [3.63, 3.8) is 0 Å². The third kappa shape index (κ3) is 5.53. The minimum absolute atomic E-state index is 0.315. The molecule has 23 heavy (non-hydrogen) atoms. The fraction of sp³-hybridized carbons (Fsp3) is 0.647. The number of hydrogen-bond donors (Lipinski definition) is 2. The molecule has 1 fully saturated rings. The predicted molar refractivity (Wildman–Crippen MR) is 97.0 cm³/mol. The van der Waals surface area contributed by atoms with E-state index in [-0.39, 0.29) is 0 Å². The lowest BCUT2D eigenvalue weighted by molar-refractivity contribution is -0.129. The summed E-state index contributed by atoms with van der Waals surface area (Å²) >= 11 is 1.78. The van der Waals surface area contributed by atoms with Gasteiger partial charge in [0.1, 0.15) is 0 Å². The van der Waals surface area contributed by atoms with E-state index >= 15 is 0 Å². The van der Waals surface area contributed by atoms with Crippen LogP contribution in [0.4, 0.5) is 0 Å².